The van der Waals surface area contributed by atoms with Crippen LogP contribution < -0.4 is 14.8 Å². The summed E-state index contributed by atoms with van der Waals surface area (Å²) in [6, 6.07) is 13.3. The Bertz CT molecular complexity index is 737. The maximum Gasteiger partial charge on any atom is 0.244 e. The minimum atomic E-state index is -0.204. The fourth-order valence-electron chi connectivity index (χ4n) is 2.46. The Hall–Kier alpha value is -2.75. The molecular formula is C20H23NO3. The minimum absolute atomic E-state index is 0.158. The molecule has 0 radical (unpaired) electrons. The zero-order chi connectivity index (χ0) is 17.5. The van der Waals surface area contributed by atoms with Gasteiger partial charge >= 0.3 is 0 Å². The number of amides is 1. The number of carbonyl (C=O) groups excluding carboxylic acids is 1. The molecule has 1 atom stereocenters. The van der Waals surface area contributed by atoms with Crippen molar-refractivity contribution in [3.63, 3.8) is 0 Å². The van der Waals surface area contributed by atoms with Gasteiger partial charge in [0.15, 0.2) is 0 Å². The van der Waals surface area contributed by atoms with Crippen LogP contribution in [0.3, 0.4) is 0 Å². The lowest BCUT2D eigenvalue weighted by Gasteiger charge is -2.17. The second-order valence-corrected chi connectivity index (χ2v) is 5.59. The van der Waals surface area contributed by atoms with Crippen molar-refractivity contribution in [3.8, 4) is 11.5 Å². The molecule has 1 amide bonds. The van der Waals surface area contributed by atoms with E-state index in [4.69, 9.17) is 9.47 Å². The van der Waals surface area contributed by atoms with Gasteiger partial charge in [-0.25, -0.2) is 0 Å². The maximum atomic E-state index is 12.2. The first kappa shape index (κ1) is 17.6. The molecule has 4 nitrogen and oxygen atoms in total. The number of rotatable bonds is 6. The SMILES string of the molecule is COc1ccc(OC)c([C@@H](C)NC(=O)/C=C/c2cccc(C)c2)c1. The monoisotopic (exact) mass is 325 g/mol. The van der Waals surface area contributed by atoms with Crippen molar-refractivity contribution in [2.45, 2.75) is 19.9 Å². The fraction of sp³-hybridized carbons (Fsp3) is 0.250. The van der Waals surface area contributed by atoms with Gasteiger partial charge in [-0.15, -0.1) is 0 Å². The van der Waals surface area contributed by atoms with E-state index in [0.29, 0.717) is 5.75 Å². The lowest BCUT2D eigenvalue weighted by molar-refractivity contribution is -0.117. The topological polar surface area (TPSA) is 47.6 Å². The molecule has 0 aliphatic rings. The third kappa shape index (κ3) is 4.62. The van der Waals surface area contributed by atoms with Gasteiger partial charge in [0.05, 0.1) is 20.3 Å². The van der Waals surface area contributed by atoms with Crippen molar-refractivity contribution in [1.82, 2.24) is 5.32 Å². The molecule has 24 heavy (non-hydrogen) atoms. The molecule has 2 rings (SSSR count). The molecule has 0 fully saturated rings. The van der Waals surface area contributed by atoms with E-state index in [-0.39, 0.29) is 11.9 Å². The van der Waals surface area contributed by atoms with Gasteiger partial charge in [0, 0.05) is 11.6 Å². The highest BCUT2D eigenvalue weighted by Gasteiger charge is 2.14. The van der Waals surface area contributed by atoms with E-state index in [2.05, 4.69) is 5.32 Å². The summed E-state index contributed by atoms with van der Waals surface area (Å²) in [6.45, 7) is 3.93. The Morgan fingerprint density at radius 1 is 1.12 bits per heavy atom. The molecule has 4 heteroatoms. The van der Waals surface area contributed by atoms with Gasteiger partial charge in [-0.3, -0.25) is 4.79 Å². The van der Waals surface area contributed by atoms with Gasteiger partial charge in [0.1, 0.15) is 11.5 Å². The van der Waals surface area contributed by atoms with E-state index in [9.17, 15) is 4.79 Å². The van der Waals surface area contributed by atoms with Crippen molar-refractivity contribution in [2.75, 3.05) is 14.2 Å². The van der Waals surface area contributed by atoms with Crippen molar-refractivity contribution < 1.29 is 14.3 Å². The van der Waals surface area contributed by atoms with Crippen LogP contribution in [0.4, 0.5) is 0 Å². The molecule has 0 spiro atoms. The van der Waals surface area contributed by atoms with Gasteiger partial charge in [-0.1, -0.05) is 29.8 Å². The summed E-state index contributed by atoms with van der Waals surface area (Å²) in [5, 5.41) is 2.95. The molecule has 2 aromatic rings. The lowest BCUT2D eigenvalue weighted by atomic mass is 10.1. The van der Waals surface area contributed by atoms with Gasteiger partial charge in [-0.2, -0.15) is 0 Å². The van der Waals surface area contributed by atoms with Crippen LogP contribution in [-0.2, 0) is 4.79 Å². The second-order valence-electron chi connectivity index (χ2n) is 5.59. The molecule has 0 unspecified atom stereocenters. The number of ether oxygens (including phenoxy) is 2. The highest BCUT2D eigenvalue weighted by atomic mass is 16.5. The van der Waals surface area contributed by atoms with E-state index in [0.717, 1.165) is 22.4 Å². The zero-order valence-corrected chi connectivity index (χ0v) is 14.5. The molecule has 1 N–H and O–H groups in total. The smallest absolute Gasteiger partial charge is 0.244 e. The third-order valence-electron chi connectivity index (χ3n) is 3.73. The maximum absolute atomic E-state index is 12.2. The van der Waals surface area contributed by atoms with Gasteiger partial charge in [0.25, 0.3) is 0 Å². The van der Waals surface area contributed by atoms with Crippen LogP contribution in [-0.4, -0.2) is 20.1 Å². The quantitative estimate of drug-likeness (QED) is 0.819. The van der Waals surface area contributed by atoms with Gasteiger partial charge < -0.3 is 14.8 Å². The molecule has 2 aromatic carbocycles. The summed E-state index contributed by atoms with van der Waals surface area (Å²) in [4.78, 5) is 12.2. The summed E-state index contributed by atoms with van der Waals surface area (Å²) in [7, 11) is 3.22. The molecule has 0 saturated heterocycles. The fourth-order valence-corrected chi connectivity index (χ4v) is 2.46. The number of methoxy groups -OCH3 is 2. The first-order chi connectivity index (χ1) is 11.5. The average Bonchev–Trinajstić information content (AvgIpc) is 2.59. The minimum Gasteiger partial charge on any atom is -0.497 e. The van der Waals surface area contributed by atoms with Crippen molar-refractivity contribution in [2.24, 2.45) is 0 Å². The standard InChI is InChI=1S/C20H23NO3/c1-14-6-5-7-16(12-14)8-11-20(22)21-15(2)18-13-17(23-3)9-10-19(18)24-4/h5-13,15H,1-4H3,(H,21,22)/b11-8+/t15-/m1/s1. The van der Waals surface area contributed by atoms with E-state index < -0.39 is 0 Å². The van der Waals surface area contributed by atoms with E-state index in [1.165, 1.54) is 6.08 Å². The lowest BCUT2D eigenvalue weighted by Crippen LogP contribution is -2.25. The third-order valence-corrected chi connectivity index (χ3v) is 3.73. The molecule has 0 bridgehead atoms. The Kier molecular flexibility index (Phi) is 6.01. The molecule has 0 aliphatic carbocycles. The summed E-state index contributed by atoms with van der Waals surface area (Å²) < 4.78 is 10.6. The summed E-state index contributed by atoms with van der Waals surface area (Å²) in [5.41, 5.74) is 3.03. The average molecular weight is 325 g/mol. The Balaban J connectivity index is 2.08. The number of hydrogen-bond acceptors (Lipinski definition) is 3. The molecule has 126 valence electrons. The summed E-state index contributed by atoms with van der Waals surface area (Å²) in [6.07, 6.45) is 3.34. The van der Waals surface area contributed by atoms with Gasteiger partial charge in [0.2, 0.25) is 5.91 Å². The van der Waals surface area contributed by atoms with E-state index >= 15 is 0 Å². The number of benzene rings is 2. The first-order valence-electron chi connectivity index (χ1n) is 7.80. The number of aryl methyl sites for hydroxylation is 1. The van der Waals surface area contributed by atoms with Crippen molar-refractivity contribution in [3.05, 3.63) is 65.2 Å². The van der Waals surface area contributed by atoms with Crippen LogP contribution in [0.25, 0.3) is 6.08 Å². The predicted octanol–water partition coefficient (Wildman–Crippen LogP) is 3.90. The van der Waals surface area contributed by atoms with Crippen LogP contribution in [0.1, 0.15) is 29.7 Å². The Labute approximate surface area is 143 Å². The van der Waals surface area contributed by atoms with Gasteiger partial charge in [-0.05, 0) is 43.7 Å². The number of nitrogens with one attached hydrogen (secondary N) is 1. The highest BCUT2D eigenvalue weighted by molar-refractivity contribution is 5.92. The number of carbonyl (C=O) groups is 1. The van der Waals surface area contributed by atoms with Crippen LogP contribution in [0.2, 0.25) is 0 Å². The molecule has 0 saturated carbocycles. The summed E-state index contributed by atoms with van der Waals surface area (Å²) in [5.74, 6) is 1.28. The zero-order valence-electron chi connectivity index (χ0n) is 14.5. The Morgan fingerprint density at radius 2 is 1.92 bits per heavy atom. The van der Waals surface area contributed by atoms with Crippen LogP contribution >= 0.6 is 0 Å². The van der Waals surface area contributed by atoms with E-state index in [1.807, 2.05) is 56.3 Å². The second kappa shape index (κ2) is 8.20. The largest absolute Gasteiger partial charge is 0.497 e. The number of hydrogen-bond donors (Lipinski definition) is 1. The van der Waals surface area contributed by atoms with Crippen molar-refractivity contribution >= 4 is 12.0 Å². The molecule has 0 aliphatic heterocycles. The first-order valence-corrected chi connectivity index (χ1v) is 7.80. The van der Waals surface area contributed by atoms with Crippen LogP contribution in [0.5, 0.6) is 11.5 Å². The molecule has 0 heterocycles. The predicted molar refractivity (Wildman–Crippen MR) is 96.3 cm³/mol. The Morgan fingerprint density at radius 3 is 2.58 bits per heavy atom. The highest BCUT2D eigenvalue weighted by Crippen LogP contribution is 2.29. The van der Waals surface area contributed by atoms with Crippen LogP contribution in [0.15, 0.2) is 48.5 Å². The summed E-state index contributed by atoms with van der Waals surface area (Å²) >= 11 is 0. The van der Waals surface area contributed by atoms with Crippen LogP contribution in [0, 0.1) is 6.92 Å². The molecule has 0 aromatic heterocycles. The normalized spacial score (nSPS) is 12.0. The van der Waals surface area contributed by atoms with Crippen molar-refractivity contribution in [1.29, 1.82) is 0 Å². The molecular weight excluding hydrogens is 302 g/mol. The van der Waals surface area contributed by atoms with E-state index in [1.54, 1.807) is 20.3 Å².